The van der Waals surface area contributed by atoms with Gasteiger partial charge in [0.25, 0.3) is 5.91 Å². The van der Waals surface area contributed by atoms with Gasteiger partial charge in [-0.2, -0.15) is 0 Å². The van der Waals surface area contributed by atoms with Crippen LogP contribution in [0.5, 0.6) is 5.75 Å². The summed E-state index contributed by atoms with van der Waals surface area (Å²) in [6, 6.07) is 14.3. The van der Waals surface area contributed by atoms with E-state index in [-0.39, 0.29) is 5.91 Å². The van der Waals surface area contributed by atoms with Gasteiger partial charge in [-0.3, -0.25) is 4.79 Å². The summed E-state index contributed by atoms with van der Waals surface area (Å²) in [4.78, 5) is 13.8. The Morgan fingerprint density at radius 3 is 2.62 bits per heavy atom. The zero-order valence-corrected chi connectivity index (χ0v) is 12.5. The number of hydrogen-bond acceptors (Lipinski definition) is 3. The molecular weight excluding hydrogens is 288 g/mol. The highest BCUT2D eigenvalue weighted by Gasteiger charge is 2.14. The number of ether oxygens (including phenoxy) is 1. The van der Waals surface area contributed by atoms with Crippen LogP contribution in [-0.2, 0) is 0 Å². The SMILES string of the molecule is CN(CCOc1ccccc1)C(=O)c1ccc(Cl)cc1N. The number of likely N-dealkylation sites (N-methyl/N-ethyl adjacent to an activating group) is 1. The van der Waals surface area contributed by atoms with E-state index in [2.05, 4.69) is 0 Å². The standard InChI is InChI=1S/C16H17ClN2O2/c1-19(9-10-21-13-5-3-2-4-6-13)16(20)14-8-7-12(17)11-15(14)18/h2-8,11H,9-10,18H2,1H3. The lowest BCUT2D eigenvalue weighted by Crippen LogP contribution is -2.31. The zero-order valence-electron chi connectivity index (χ0n) is 11.8. The minimum absolute atomic E-state index is 0.152. The number of hydrogen-bond donors (Lipinski definition) is 1. The van der Waals surface area contributed by atoms with Gasteiger partial charge in [0, 0.05) is 17.8 Å². The number of nitrogens with two attached hydrogens (primary N) is 1. The summed E-state index contributed by atoms with van der Waals surface area (Å²) in [5.41, 5.74) is 6.64. The Hall–Kier alpha value is -2.20. The maximum atomic E-state index is 12.3. The lowest BCUT2D eigenvalue weighted by molar-refractivity contribution is 0.0775. The summed E-state index contributed by atoms with van der Waals surface area (Å²) < 4.78 is 5.57. The molecule has 2 N–H and O–H groups in total. The molecule has 0 unspecified atom stereocenters. The van der Waals surface area contributed by atoms with Crippen molar-refractivity contribution in [2.75, 3.05) is 25.9 Å². The topological polar surface area (TPSA) is 55.6 Å². The molecule has 4 nitrogen and oxygen atoms in total. The van der Waals surface area contributed by atoms with Crippen LogP contribution in [0.3, 0.4) is 0 Å². The Bertz CT molecular complexity index is 617. The van der Waals surface area contributed by atoms with Gasteiger partial charge in [-0.25, -0.2) is 0 Å². The molecule has 0 aliphatic carbocycles. The summed E-state index contributed by atoms with van der Waals surface area (Å²) in [7, 11) is 1.71. The molecule has 2 aromatic carbocycles. The molecular formula is C16H17ClN2O2. The molecule has 0 fully saturated rings. The van der Waals surface area contributed by atoms with Crippen molar-refractivity contribution in [2.45, 2.75) is 0 Å². The Kier molecular flexibility index (Phi) is 5.06. The predicted octanol–water partition coefficient (Wildman–Crippen LogP) is 3.07. The summed E-state index contributed by atoms with van der Waals surface area (Å²) in [6.07, 6.45) is 0. The third-order valence-electron chi connectivity index (χ3n) is 3.03. The van der Waals surface area contributed by atoms with E-state index >= 15 is 0 Å². The number of amides is 1. The fourth-order valence-electron chi connectivity index (χ4n) is 1.85. The van der Waals surface area contributed by atoms with Gasteiger partial charge in [-0.1, -0.05) is 29.8 Å². The fourth-order valence-corrected chi connectivity index (χ4v) is 2.03. The van der Waals surface area contributed by atoms with Gasteiger partial charge in [0.05, 0.1) is 12.1 Å². The largest absolute Gasteiger partial charge is 0.492 e. The van der Waals surface area contributed by atoms with E-state index in [1.165, 1.54) is 0 Å². The number of nitrogen functional groups attached to an aromatic ring is 1. The number of para-hydroxylation sites is 1. The highest BCUT2D eigenvalue weighted by Crippen LogP contribution is 2.19. The van der Waals surface area contributed by atoms with Crippen molar-refractivity contribution < 1.29 is 9.53 Å². The third-order valence-corrected chi connectivity index (χ3v) is 3.26. The van der Waals surface area contributed by atoms with Crippen LogP contribution in [-0.4, -0.2) is 31.0 Å². The van der Waals surface area contributed by atoms with Crippen molar-refractivity contribution in [1.82, 2.24) is 4.90 Å². The Balaban J connectivity index is 1.90. The number of anilines is 1. The molecule has 0 saturated heterocycles. The minimum atomic E-state index is -0.152. The molecule has 0 atom stereocenters. The van der Waals surface area contributed by atoms with Gasteiger partial charge in [0.1, 0.15) is 12.4 Å². The minimum Gasteiger partial charge on any atom is -0.492 e. The number of nitrogens with zero attached hydrogens (tertiary/aromatic N) is 1. The average molecular weight is 305 g/mol. The van der Waals surface area contributed by atoms with Crippen LogP contribution in [0.15, 0.2) is 48.5 Å². The summed E-state index contributed by atoms with van der Waals surface area (Å²) in [5.74, 6) is 0.630. The first kappa shape index (κ1) is 15.2. The fraction of sp³-hybridized carbons (Fsp3) is 0.188. The molecule has 2 rings (SSSR count). The highest BCUT2D eigenvalue weighted by molar-refractivity contribution is 6.31. The van der Waals surface area contributed by atoms with Crippen molar-refractivity contribution in [2.24, 2.45) is 0 Å². The maximum Gasteiger partial charge on any atom is 0.255 e. The zero-order chi connectivity index (χ0) is 15.2. The summed E-state index contributed by atoms with van der Waals surface area (Å²) in [5, 5.41) is 0.513. The van der Waals surface area contributed by atoms with Crippen molar-refractivity contribution in [3.8, 4) is 5.75 Å². The second-order valence-corrected chi connectivity index (χ2v) is 5.06. The monoisotopic (exact) mass is 304 g/mol. The molecule has 0 radical (unpaired) electrons. The molecule has 2 aromatic rings. The number of carbonyl (C=O) groups is 1. The van der Waals surface area contributed by atoms with E-state index in [0.717, 1.165) is 5.75 Å². The molecule has 1 amide bonds. The molecule has 0 aliphatic heterocycles. The number of carbonyl (C=O) groups excluding carboxylic acids is 1. The number of rotatable bonds is 5. The van der Waals surface area contributed by atoms with Gasteiger partial charge < -0.3 is 15.4 Å². The third kappa shape index (κ3) is 4.13. The predicted molar refractivity (Wildman–Crippen MR) is 84.8 cm³/mol. The highest BCUT2D eigenvalue weighted by atomic mass is 35.5. The van der Waals surface area contributed by atoms with Gasteiger partial charge in [0.15, 0.2) is 0 Å². The van der Waals surface area contributed by atoms with E-state index in [1.807, 2.05) is 30.3 Å². The molecule has 21 heavy (non-hydrogen) atoms. The molecule has 0 heterocycles. The average Bonchev–Trinajstić information content (AvgIpc) is 2.47. The van der Waals surface area contributed by atoms with E-state index in [9.17, 15) is 4.79 Å². The number of halogens is 1. The molecule has 110 valence electrons. The van der Waals surface area contributed by atoms with Crippen LogP contribution in [0.25, 0.3) is 0 Å². The van der Waals surface area contributed by atoms with Crippen molar-refractivity contribution in [3.63, 3.8) is 0 Å². The molecule has 5 heteroatoms. The van der Waals surface area contributed by atoms with Crippen LogP contribution < -0.4 is 10.5 Å². The maximum absolute atomic E-state index is 12.3. The Morgan fingerprint density at radius 2 is 1.95 bits per heavy atom. The van der Waals surface area contributed by atoms with Gasteiger partial charge in [0.2, 0.25) is 0 Å². The Labute approximate surface area is 129 Å². The smallest absolute Gasteiger partial charge is 0.255 e. The van der Waals surface area contributed by atoms with Crippen LogP contribution in [0.4, 0.5) is 5.69 Å². The van der Waals surface area contributed by atoms with Crippen LogP contribution in [0, 0.1) is 0 Å². The van der Waals surface area contributed by atoms with Crippen molar-refractivity contribution >= 4 is 23.2 Å². The molecule has 0 aliphatic rings. The van der Waals surface area contributed by atoms with E-state index in [1.54, 1.807) is 30.1 Å². The second kappa shape index (κ2) is 6.99. The van der Waals surface area contributed by atoms with Crippen molar-refractivity contribution in [3.05, 3.63) is 59.1 Å². The van der Waals surface area contributed by atoms with Gasteiger partial charge in [-0.05, 0) is 30.3 Å². The quantitative estimate of drug-likeness (QED) is 0.864. The normalized spacial score (nSPS) is 10.2. The van der Waals surface area contributed by atoms with Crippen molar-refractivity contribution in [1.29, 1.82) is 0 Å². The van der Waals surface area contributed by atoms with Crippen LogP contribution in [0.1, 0.15) is 10.4 Å². The molecule has 0 saturated carbocycles. The van der Waals surface area contributed by atoms with Crippen LogP contribution >= 0.6 is 11.6 Å². The lowest BCUT2D eigenvalue weighted by atomic mass is 10.1. The summed E-state index contributed by atoms with van der Waals surface area (Å²) in [6.45, 7) is 0.884. The molecule has 0 spiro atoms. The van der Waals surface area contributed by atoms with Gasteiger partial charge in [-0.15, -0.1) is 0 Å². The van der Waals surface area contributed by atoms with E-state index in [4.69, 9.17) is 22.1 Å². The van der Waals surface area contributed by atoms with E-state index < -0.39 is 0 Å². The second-order valence-electron chi connectivity index (χ2n) is 4.62. The Morgan fingerprint density at radius 1 is 1.24 bits per heavy atom. The molecule has 0 aromatic heterocycles. The van der Waals surface area contributed by atoms with E-state index in [0.29, 0.717) is 29.4 Å². The first-order chi connectivity index (χ1) is 10.1. The summed E-state index contributed by atoms with van der Waals surface area (Å²) >= 11 is 5.83. The van der Waals surface area contributed by atoms with Crippen LogP contribution in [0.2, 0.25) is 5.02 Å². The lowest BCUT2D eigenvalue weighted by Gasteiger charge is -2.18. The number of benzene rings is 2. The van der Waals surface area contributed by atoms with Gasteiger partial charge >= 0.3 is 0 Å². The molecule has 0 bridgehead atoms. The first-order valence-corrected chi connectivity index (χ1v) is 6.94. The first-order valence-electron chi connectivity index (χ1n) is 6.56.